The molecule has 0 atom stereocenters. The highest BCUT2D eigenvalue weighted by molar-refractivity contribution is 7.89. The number of methoxy groups -OCH3 is 2. The minimum atomic E-state index is -3.69. The molecule has 3 rings (SSSR count). The van der Waals surface area contributed by atoms with Crippen LogP contribution >= 0.6 is 0 Å². The van der Waals surface area contributed by atoms with E-state index in [1.807, 2.05) is 0 Å². The van der Waals surface area contributed by atoms with Gasteiger partial charge in [0.1, 0.15) is 10.6 Å². The number of amides is 1. The van der Waals surface area contributed by atoms with Crippen molar-refractivity contribution in [1.82, 2.24) is 4.31 Å². The molecule has 9 heteroatoms. The van der Waals surface area contributed by atoms with E-state index >= 15 is 0 Å². The van der Waals surface area contributed by atoms with E-state index in [-0.39, 0.29) is 10.6 Å². The first-order valence-electron chi connectivity index (χ1n) is 10.2. The van der Waals surface area contributed by atoms with Crippen molar-refractivity contribution >= 4 is 33.7 Å². The molecule has 1 heterocycles. The van der Waals surface area contributed by atoms with Crippen molar-refractivity contribution in [3.63, 3.8) is 0 Å². The monoisotopic (exact) mass is 458 g/mol. The van der Waals surface area contributed by atoms with E-state index in [2.05, 4.69) is 10.1 Å². The average Bonchev–Trinajstić information content (AvgIpc) is 2.83. The van der Waals surface area contributed by atoms with Gasteiger partial charge in [0.05, 0.1) is 19.8 Å². The Morgan fingerprint density at radius 1 is 1.00 bits per heavy atom. The molecule has 0 spiro atoms. The first-order chi connectivity index (χ1) is 15.3. The van der Waals surface area contributed by atoms with Crippen LogP contribution in [0.5, 0.6) is 5.75 Å². The molecule has 1 saturated heterocycles. The Morgan fingerprint density at radius 2 is 1.69 bits per heavy atom. The quantitative estimate of drug-likeness (QED) is 0.505. The van der Waals surface area contributed by atoms with Crippen molar-refractivity contribution in [2.24, 2.45) is 0 Å². The molecular weight excluding hydrogens is 432 g/mol. The predicted octanol–water partition coefficient (Wildman–Crippen LogP) is 3.31. The average molecular weight is 459 g/mol. The highest BCUT2D eigenvalue weighted by Crippen LogP contribution is 2.30. The molecule has 0 aromatic heterocycles. The van der Waals surface area contributed by atoms with E-state index in [0.29, 0.717) is 29.9 Å². The number of hydrogen-bond donors (Lipinski definition) is 1. The highest BCUT2D eigenvalue weighted by Gasteiger charge is 2.29. The summed E-state index contributed by atoms with van der Waals surface area (Å²) in [5.41, 5.74) is 1.44. The van der Waals surface area contributed by atoms with Gasteiger partial charge in [-0.1, -0.05) is 12.5 Å². The smallest absolute Gasteiger partial charge is 0.337 e. The minimum absolute atomic E-state index is 0.0860. The van der Waals surface area contributed by atoms with Gasteiger partial charge in [0.2, 0.25) is 15.9 Å². The fourth-order valence-electron chi connectivity index (χ4n) is 3.41. The van der Waals surface area contributed by atoms with E-state index < -0.39 is 21.9 Å². The summed E-state index contributed by atoms with van der Waals surface area (Å²) in [6, 6.07) is 11.1. The number of ether oxygens (including phenoxy) is 2. The van der Waals surface area contributed by atoms with Gasteiger partial charge in [-0.3, -0.25) is 4.79 Å². The summed E-state index contributed by atoms with van der Waals surface area (Å²) in [4.78, 5) is 23.8. The molecule has 0 saturated carbocycles. The van der Waals surface area contributed by atoms with Crippen LogP contribution in [0.15, 0.2) is 53.4 Å². The molecule has 0 radical (unpaired) electrons. The van der Waals surface area contributed by atoms with Gasteiger partial charge in [0.25, 0.3) is 0 Å². The number of nitrogens with one attached hydrogen (secondary N) is 1. The number of carbonyl (C=O) groups is 2. The third-order valence-corrected chi connectivity index (χ3v) is 7.04. The van der Waals surface area contributed by atoms with E-state index in [9.17, 15) is 18.0 Å². The third-order valence-electron chi connectivity index (χ3n) is 5.12. The van der Waals surface area contributed by atoms with Crippen LogP contribution in [-0.2, 0) is 19.6 Å². The van der Waals surface area contributed by atoms with Crippen molar-refractivity contribution in [2.45, 2.75) is 24.2 Å². The Balaban J connectivity index is 1.74. The van der Waals surface area contributed by atoms with Crippen LogP contribution in [-0.4, -0.2) is 51.9 Å². The van der Waals surface area contributed by atoms with Crippen LogP contribution in [0, 0.1) is 0 Å². The van der Waals surface area contributed by atoms with E-state index in [4.69, 9.17) is 4.74 Å². The lowest BCUT2D eigenvalue weighted by molar-refractivity contribution is -0.111. The van der Waals surface area contributed by atoms with E-state index in [1.54, 1.807) is 36.4 Å². The summed E-state index contributed by atoms with van der Waals surface area (Å²) >= 11 is 0. The first-order valence-corrected chi connectivity index (χ1v) is 11.6. The predicted molar refractivity (Wildman–Crippen MR) is 121 cm³/mol. The molecule has 1 aliphatic heterocycles. The second kappa shape index (κ2) is 10.4. The van der Waals surface area contributed by atoms with Crippen LogP contribution in [0.4, 0.5) is 5.69 Å². The summed E-state index contributed by atoms with van der Waals surface area (Å²) in [5.74, 6) is -0.590. The van der Waals surface area contributed by atoms with Gasteiger partial charge >= 0.3 is 5.97 Å². The SMILES string of the molecule is COC(=O)c1ccc(NC(=O)C=Cc2ccc(OC)c(S(=O)(=O)N3CCCCC3)c2)cc1. The summed E-state index contributed by atoms with van der Waals surface area (Å²) in [6.45, 7) is 0.978. The molecule has 170 valence electrons. The summed E-state index contributed by atoms with van der Waals surface area (Å²) in [5, 5.41) is 2.69. The number of piperidine rings is 1. The summed E-state index contributed by atoms with van der Waals surface area (Å²) in [7, 11) is -0.965. The molecule has 0 unspecified atom stereocenters. The second-order valence-electron chi connectivity index (χ2n) is 7.27. The molecule has 1 N–H and O–H groups in total. The van der Waals surface area contributed by atoms with E-state index in [1.165, 1.54) is 36.7 Å². The van der Waals surface area contributed by atoms with Crippen LogP contribution < -0.4 is 10.1 Å². The zero-order valence-corrected chi connectivity index (χ0v) is 18.9. The summed E-state index contributed by atoms with van der Waals surface area (Å²) < 4.78 is 37.6. The van der Waals surface area contributed by atoms with Gasteiger partial charge in [-0.15, -0.1) is 0 Å². The van der Waals surface area contributed by atoms with Crippen molar-refractivity contribution in [2.75, 3.05) is 32.6 Å². The number of nitrogens with zero attached hydrogens (tertiary/aromatic N) is 1. The van der Waals surface area contributed by atoms with Gasteiger partial charge in [0, 0.05) is 24.9 Å². The molecule has 0 aliphatic carbocycles. The highest BCUT2D eigenvalue weighted by atomic mass is 32.2. The van der Waals surface area contributed by atoms with Gasteiger partial charge in [-0.25, -0.2) is 13.2 Å². The van der Waals surface area contributed by atoms with Crippen molar-refractivity contribution in [1.29, 1.82) is 0 Å². The maximum Gasteiger partial charge on any atom is 0.337 e. The number of rotatable bonds is 7. The molecule has 1 amide bonds. The Kier molecular flexibility index (Phi) is 7.66. The molecule has 2 aromatic rings. The number of hydrogen-bond acceptors (Lipinski definition) is 6. The zero-order chi connectivity index (χ0) is 23.1. The fourth-order valence-corrected chi connectivity index (χ4v) is 5.11. The number of sulfonamides is 1. The molecule has 2 aromatic carbocycles. The van der Waals surface area contributed by atoms with Gasteiger partial charge in [-0.05, 0) is 60.9 Å². The molecular formula is C23H26N2O6S. The fraction of sp³-hybridized carbons (Fsp3) is 0.304. The molecule has 1 fully saturated rings. The van der Waals surface area contributed by atoms with Crippen molar-refractivity contribution in [3.8, 4) is 5.75 Å². The topological polar surface area (TPSA) is 102 Å². The third kappa shape index (κ3) is 5.54. The van der Waals surface area contributed by atoms with Crippen LogP contribution in [0.1, 0.15) is 35.2 Å². The molecule has 32 heavy (non-hydrogen) atoms. The number of carbonyl (C=O) groups excluding carboxylic acids is 2. The zero-order valence-electron chi connectivity index (χ0n) is 18.0. The lowest BCUT2D eigenvalue weighted by Crippen LogP contribution is -2.35. The maximum atomic E-state index is 13.1. The van der Waals surface area contributed by atoms with Crippen molar-refractivity contribution in [3.05, 3.63) is 59.7 Å². The van der Waals surface area contributed by atoms with Gasteiger partial charge in [-0.2, -0.15) is 4.31 Å². The van der Waals surface area contributed by atoms with Gasteiger partial charge in [0.15, 0.2) is 0 Å². The standard InChI is InChI=1S/C23H26N2O6S/c1-30-20-12-6-17(16-21(20)32(28,29)25-14-4-3-5-15-25)7-13-22(26)24-19-10-8-18(9-11-19)23(27)31-2/h6-13,16H,3-5,14-15H2,1-2H3,(H,24,26). The van der Waals surface area contributed by atoms with Crippen LogP contribution in [0.25, 0.3) is 6.08 Å². The normalized spacial score (nSPS) is 14.8. The maximum absolute atomic E-state index is 13.1. The first kappa shape index (κ1) is 23.5. The van der Waals surface area contributed by atoms with Crippen LogP contribution in [0.3, 0.4) is 0 Å². The number of anilines is 1. The van der Waals surface area contributed by atoms with Crippen LogP contribution in [0.2, 0.25) is 0 Å². The Bertz CT molecular complexity index is 1100. The number of benzene rings is 2. The van der Waals surface area contributed by atoms with Crippen molar-refractivity contribution < 1.29 is 27.5 Å². The molecule has 1 aliphatic rings. The van der Waals surface area contributed by atoms with E-state index in [0.717, 1.165) is 19.3 Å². The summed E-state index contributed by atoms with van der Waals surface area (Å²) in [6.07, 6.45) is 5.54. The Labute approximate surface area is 187 Å². The minimum Gasteiger partial charge on any atom is -0.495 e. The lowest BCUT2D eigenvalue weighted by Gasteiger charge is -2.26. The molecule has 0 bridgehead atoms. The molecule has 8 nitrogen and oxygen atoms in total. The lowest BCUT2D eigenvalue weighted by atomic mass is 10.2. The van der Waals surface area contributed by atoms with Gasteiger partial charge < -0.3 is 14.8 Å². The largest absolute Gasteiger partial charge is 0.495 e. The second-order valence-corrected chi connectivity index (χ2v) is 9.17. The number of esters is 1. The Hall–Kier alpha value is -3.17. The Morgan fingerprint density at radius 3 is 2.31 bits per heavy atom.